The number of carbonyl (C=O) groups is 1. The van der Waals surface area contributed by atoms with Crippen molar-refractivity contribution >= 4 is 33.1 Å². The van der Waals surface area contributed by atoms with Gasteiger partial charge in [-0.15, -0.1) is 0 Å². The molecule has 2 aromatic carbocycles. The first-order valence-corrected chi connectivity index (χ1v) is 8.89. The van der Waals surface area contributed by atoms with Gasteiger partial charge in [-0.05, 0) is 13.0 Å². The van der Waals surface area contributed by atoms with E-state index in [2.05, 4.69) is 4.99 Å². The molecule has 0 N–H and O–H groups in total. The Kier molecular flexibility index (Phi) is 5.22. The third-order valence-corrected chi connectivity index (χ3v) is 5.05. The number of non-ortho nitro benzene ring substituents is 1. The molecule has 0 aliphatic carbocycles. The molecule has 0 aliphatic rings. The molecule has 1 aromatic heterocycles. The molecule has 0 aliphatic heterocycles. The summed E-state index contributed by atoms with van der Waals surface area (Å²) in [6.07, 6.45) is 0. The SMILES string of the molecule is CCn1c(=NC(=O)c2cccc([N+](=O)[O-])c2)sc2cc(OC)c(OC)cc21. The summed E-state index contributed by atoms with van der Waals surface area (Å²) in [5, 5.41) is 10.9. The molecular weight excluding hydrogens is 370 g/mol. The summed E-state index contributed by atoms with van der Waals surface area (Å²) in [5.74, 6) is 0.638. The van der Waals surface area contributed by atoms with Crippen LogP contribution in [-0.2, 0) is 6.54 Å². The lowest BCUT2D eigenvalue weighted by molar-refractivity contribution is -0.384. The van der Waals surface area contributed by atoms with Crippen molar-refractivity contribution in [2.45, 2.75) is 13.5 Å². The van der Waals surface area contributed by atoms with Crippen molar-refractivity contribution in [3.63, 3.8) is 0 Å². The zero-order chi connectivity index (χ0) is 19.6. The maximum absolute atomic E-state index is 12.5. The van der Waals surface area contributed by atoms with E-state index in [9.17, 15) is 14.9 Å². The maximum atomic E-state index is 12.5. The zero-order valence-corrected chi connectivity index (χ0v) is 15.8. The van der Waals surface area contributed by atoms with Gasteiger partial charge in [-0.25, -0.2) is 0 Å². The van der Waals surface area contributed by atoms with Crippen LogP contribution in [0.5, 0.6) is 11.5 Å². The first kappa shape index (κ1) is 18.6. The van der Waals surface area contributed by atoms with Gasteiger partial charge in [-0.3, -0.25) is 14.9 Å². The number of carbonyl (C=O) groups excluding carboxylic acids is 1. The Balaban J connectivity index is 2.14. The van der Waals surface area contributed by atoms with Crippen LogP contribution in [-0.4, -0.2) is 29.6 Å². The Labute approximate surface area is 158 Å². The van der Waals surface area contributed by atoms with E-state index in [1.54, 1.807) is 14.2 Å². The van der Waals surface area contributed by atoms with Crippen molar-refractivity contribution in [3.05, 3.63) is 56.9 Å². The van der Waals surface area contributed by atoms with Gasteiger partial charge in [0, 0.05) is 36.4 Å². The molecule has 0 radical (unpaired) electrons. The van der Waals surface area contributed by atoms with Crippen molar-refractivity contribution in [3.8, 4) is 11.5 Å². The van der Waals surface area contributed by atoms with E-state index in [1.165, 1.54) is 35.6 Å². The van der Waals surface area contributed by atoms with Gasteiger partial charge in [0.2, 0.25) is 0 Å². The van der Waals surface area contributed by atoms with Crippen LogP contribution in [0.2, 0.25) is 0 Å². The molecule has 140 valence electrons. The molecule has 0 saturated carbocycles. The quantitative estimate of drug-likeness (QED) is 0.494. The lowest BCUT2D eigenvalue weighted by Crippen LogP contribution is -2.16. The third-order valence-electron chi connectivity index (χ3n) is 4.01. The maximum Gasteiger partial charge on any atom is 0.279 e. The Bertz CT molecular complexity index is 1100. The summed E-state index contributed by atoms with van der Waals surface area (Å²) in [4.78, 5) is 27.6. The van der Waals surface area contributed by atoms with Crippen molar-refractivity contribution in [1.29, 1.82) is 0 Å². The van der Waals surface area contributed by atoms with Gasteiger partial charge in [-0.2, -0.15) is 4.99 Å². The normalized spacial score (nSPS) is 11.6. The number of amides is 1. The second kappa shape index (κ2) is 7.58. The number of thiazole rings is 1. The molecule has 0 spiro atoms. The number of nitro benzene ring substituents is 1. The number of benzene rings is 2. The van der Waals surface area contributed by atoms with Crippen molar-refractivity contribution in [2.75, 3.05) is 14.2 Å². The van der Waals surface area contributed by atoms with Gasteiger partial charge in [-0.1, -0.05) is 17.4 Å². The minimum Gasteiger partial charge on any atom is -0.493 e. The molecule has 1 heterocycles. The van der Waals surface area contributed by atoms with Crippen LogP contribution in [0.15, 0.2) is 41.4 Å². The number of nitro groups is 1. The fourth-order valence-corrected chi connectivity index (χ4v) is 3.79. The molecular formula is C18H17N3O5S. The number of ether oxygens (including phenoxy) is 2. The number of hydrogen-bond acceptors (Lipinski definition) is 6. The number of hydrogen-bond donors (Lipinski definition) is 0. The molecule has 0 bridgehead atoms. The van der Waals surface area contributed by atoms with Crippen LogP contribution in [0.3, 0.4) is 0 Å². The van der Waals surface area contributed by atoms with E-state index < -0.39 is 10.8 Å². The highest BCUT2D eigenvalue weighted by Gasteiger charge is 2.14. The molecule has 3 aromatic rings. The van der Waals surface area contributed by atoms with E-state index in [-0.39, 0.29) is 11.3 Å². The van der Waals surface area contributed by atoms with Gasteiger partial charge in [0.05, 0.1) is 29.4 Å². The average Bonchev–Trinajstić information content (AvgIpc) is 3.02. The standard InChI is InChI=1S/C18H17N3O5S/c1-4-20-13-9-14(25-2)15(26-3)10-16(13)27-18(20)19-17(22)11-6-5-7-12(8-11)21(23)24/h5-10H,4H2,1-3H3. The van der Waals surface area contributed by atoms with E-state index in [0.717, 1.165) is 10.2 Å². The molecule has 0 fully saturated rings. The Hall–Kier alpha value is -3.20. The van der Waals surface area contributed by atoms with Crippen LogP contribution in [0.4, 0.5) is 5.69 Å². The van der Waals surface area contributed by atoms with Crippen LogP contribution < -0.4 is 14.3 Å². The molecule has 27 heavy (non-hydrogen) atoms. The molecule has 0 atom stereocenters. The highest BCUT2D eigenvalue weighted by Crippen LogP contribution is 2.33. The van der Waals surface area contributed by atoms with Crippen LogP contribution in [0.25, 0.3) is 10.2 Å². The van der Waals surface area contributed by atoms with E-state index in [0.29, 0.717) is 22.8 Å². The van der Waals surface area contributed by atoms with Gasteiger partial charge in [0.15, 0.2) is 16.3 Å². The van der Waals surface area contributed by atoms with Gasteiger partial charge in [0.1, 0.15) is 0 Å². The topological polar surface area (TPSA) is 96.0 Å². The number of rotatable bonds is 5. The van der Waals surface area contributed by atoms with Gasteiger partial charge < -0.3 is 14.0 Å². The summed E-state index contributed by atoms with van der Waals surface area (Å²) in [6, 6.07) is 9.21. The molecule has 3 rings (SSSR count). The summed E-state index contributed by atoms with van der Waals surface area (Å²) in [6.45, 7) is 2.54. The number of fused-ring (bicyclic) bond motifs is 1. The molecule has 8 nitrogen and oxygen atoms in total. The number of nitrogens with zero attached hydrogens (tertiary/aromatic N) is 3. The Morgan fingerprint density at radius 3 is 2.56 bits per heavy atom. The van der Waals surface area contributed by atoms with Gasteiger partial charge >= 0.3 is 0 Å². The summed E-state index contributed by atoms with van der Waals surface area (Å²) in [7, 11) is 3.12. The highest BCUT2D eigenvalue weighted by molar-refractivity contribution is 7.16. The predicted molar refractivity (Wildman–Crippen MR) is 102 cm³/mol. The second-order valence-corrected chi connectivity index (χ2v) is 6.54. The van der Waals surface area contributed by atoms with Crippen molar-refractivity contribution in [1.82, 2.24) is 4.57 Å². The number of methoxy groups -OCH3 is 2. The minimum absolute atomic E-state index is 0.148. The monoisotopic (exact) mass is 387 g/mol. The fraction of sp³-hybridized carbons (Fsp3) is 0.222. The first-order chi connectivity index (χ1) is 13.0. The molecule has 0 unspecified atom stereocenters. The number of aromatic nitrogens is 1. The smallest absolute Gasteiger partial charge is 0.279 e. The van der Waals surface area contributed by atoms with Crippen LogP contribution in [0.1, 0.15) is 17.3 Å². The van der Waals surface area contributed by atoms with E-state index >= 15 is 0 Å². The summed E-state index contributed by atoms with van der Waals surface area (Å²) in [5.41, 5.74) is 0.885. The average molecular weight is 387 g/mol. The third kappa shape index (κ3) is 3.54. The lowest BCUT2D eigenvalue weighted by Gasteiger charge is -2.08. The minimum atomic E-state index is -0.541. The van der Waals surface area contributed by atoms with Crippen LogP contribution in [0, 0.1) is 10.1 Å². The fourth-order valence-electron chi connectivity index (χ4n) is 2.69. The molecule has 0 saturated heterocycles. The van der Waals surface area contributed by atoms with Crippen LogP contribution >= 0.6 is 11.3 Å². The summed E-state index contributed by atoms with van der Waals surface area (Å²) < 4.78 is 13.4. The zero-order valence-electron chi connectivity index (χ0n) is 15.0. The van der Waals surface area contributed by atoms with E-state index in [4.69, 9.17) is 9.47 Å². The summed E-state index contributed by atoms with van der Waals surface area (Å²) >= 11 is 1.34. The second-order valence-electron chi connectivity index (χ2n) is 5.53. The van der Waals surface area contributed by atoms with Crippen molar-refractivity contribution in [2.24, 2.45) is 4.99 Å². The Morgan fingerprint density at radius 2 is 1.93 bits per heavy atom. The number of aryl methyl sites for hydroxylation is 1. The van der Waals surface area contributed by atoms with Gasteiger partial charge in [0.25, 0.3) is 11.6 Å². The first-order valence-electron chi connectivity index (χ1n) is 8.07. The Morgan fingerprint density at radius 1 is 1.22 bits per heavy atom. The van der Waals surface area contributed by atoms with Crippen molar-refractivity contribution < 1.29 is 19.2 Å². The predicted octanol–water partition coefficient (Wildman–Crippen LogP) is 3.39. The molecule has 9 heteroatoms. The highest BCUT2D eigenvalue weighted by atomic mass is 32.1. The largest absolute Gasteiger partial charge is 0.493 e. The molecule has 1 amide bonds. The van der Waals surface area contributed by atoms with E-state index in [1.807, 2.05) is 23.6 Å². The lowest BCUT2D eigenvalue weighted by atomic mass is 10.2.